The van der Waals surface area contributed by atoms with Crippen LogP contribution in [0.5, 0.6) is 0 Å². The van der Waals surface area contributed by atoms with Gasteiger partial charge in [0.25, 0.3) is 0 Å². The molecule has 0 fully saturated rings. The molecule has 1 aromatic heterocycles. The molecular weight excluding hydrogens is 268 g/mol. The zero-order chi connectivity index (χ0) is 13.1. The highest BCUT2D eigenvalue weighted by Crippen LogP contribution is 2.20. The average Bonchev–Trinajstić information content (AvgIpc) is 2.91. The predicted molar refractivity (Wildman–Crippen MR) is 73.5 cm³/mol. The molecule has 0 bridgehead atoms. The second kappa shape index (κ2) is 5.46. The number of hydrogen-bond donors (Lipinski definition) is 0. The number of carbonyl (C=O) groups is 2. The molecule has 0 unspecified atom stereocenters. The molecule has 4 heteroatoms. The van der Waals surface area contributed by atoms with Crippen LogP contribution in [-0.4, -0.2) is 11.0 Å². The molecule has 0 aliphatic carbocycles. The Hall–Kier alpha value is -1.45. The third kappa shape index (κ3) is 2.68. The Labute approximate surface area is 114 Å². The van der Waals surface area contributed by atoms with E-state index in [1.807, 2.05) is 11.4 Å². The smallest absolute Gasteiger partial charge is 0.228 e. The third-order valence-electron chi connectivity index (χ3n) is 2.76. The van der Waals surface area contributed by atoms with E-state index in [0.29, 0.717) is 10.4 Å². The van der Waals surface area contributed by atoms with Gasteiger partial charge in [0.05, 0.1) is 10.8 Å². The van der Waals surface area contributed by atoms with Gasteiger partial charge in [-0.25, -0.2) is 0 Å². The Morgan fingerprint density at radius 1 is 1.17 bits per heavy atom. The summed E-state index contributed by atoms with van der Waals surface area (Å²) < 4.78 is 0. The standard InChI is InChI=1S/C14H11ClO2S/c1-9(14(15)17)10-4-6-11(7-5-10)13(16)12-3-2-8-18-12/h2-9H,1H3/t9-/m0/s1. The van der Waals surface area contributed by atoms with E-state index >= 15 is 0 Å². The Bertz CT molecular complexity index is 558. The van der Waals surface area contributed by atoms with Gasteiger partial charge in [-0.1, -0.05) is 37.3 Å². The monoisotopic (exact) mass is 278 g/mol. The van der Waals surface area contributed by atoms with Crippen molar-refractivity contribution in [1.29, 1.82) is 0 Å². The average molecular weight is 279 g/mol. The molecule has 92 valence electrons. The van der Waals surface area contributed by atoms with E-state index in [0.717, 1.165) is 5.56 Å². The predicted octanol–water partition coefficient (Wildman–Crippen LogP) is 3.85. The molecule has 0 radical (unpaired) electrons. The van der Waals surface area contributed by atoms with Crippen LogP contribution in [0.4, 0.5) is 0 Å². The Morgan fingerprint density at radius 3 is 2.33 bits per heavy atom. The summed E-state index contributed by atoms with van der Waals surface area (Å²) in [6.07, 6.45) is 0. The molecular formula is C14H11ClO2S. The van der Waals surface area contributed by atoms with Gasteiger partial charge >= 0.3 is 0 Å². The van der Waals surface area contributed by atoms with E-state index in [2.05, 4.69) is 0 Å². The van der Waals surface area contributed by atoms with Gasteiger partial charge in [-0.15, -0.1) is 11.3 Å². The van der Waals surface area contributed by atoms with Crippen LogP contribution in [0.15, 0.2) is 41.8 Å². The summed E-state index contributed by atoms with van der Waals surface area (Å²) in [4.78, 5) is 23.8. The van der Waals surface area contributed by atoms with Crippen LogP contribution in [0.25, 0.3) is 0 Å². The highest BCUT2D eigenvalue weighted by molar-refractivity contribution is 7.12. The van der Waals surface area contributed by atoms with Crippen molar-refractivity contribution < 1.29 is 9.59 Å². The summed E-state index contributed by atoms with van der Waals surface area (Å²) >= 11 is 6.86. The van der Waals surface area contributed by atoms with Crippen molar-refractivity contribution in [2.75, 3.05) is 0 Å². The molecule has 0 N–H and O–H groups in total. The summed E-state index contributed by atoms with van der Waals surface area (Å²) in [7, 11) is 0. The molecule has 0 aliphatic rings. The van der Waals surface area contributed by atoms with Gasteiger partial charge in [0, 0.05) is 5.56 Å². The fraction of sp³-hybridized carbons (Fsp3) is 0.143. The lowest BCUT2D eigenvalue weighted by Gasteiger charge is -2.07. The fourth-order valence-corrected chi connectivity index (χ4v) is 2.42. The molecule has 0 saturated carbocycles. The number of benzene rings is 1. The van der Waals surface area contributed by atoms with Crippen molar-refractivity contribution in [2.45, 2.75) is 12.8 Å². The quantitative estimate of drug-likeness (QED) is 0.629. The summed E-state index contributed by atoms with van der Waals surface area (Å²) in [5.74, 6) is -0.348. The number of halogens is 1. The lowest BCUT2D eigenvalue weighted by molar-refractivity contribution is -0.112. The fourth-order valence-electron chi connectivity index (χ4n) is 1.60. The number of thiophene rings is 1. The number of carbonyl (C=O) groups excluding carboxylic acids is 2. The molecule has 0 spiro atoms. The minimum absolute atomic E-state index is 0.00130. The van der Waals surface area contributed by atoms with E-state index in [4.69, 9.17) is 11.6 Å². The lowest BCUT2D eigenvalue weighted by Crippen LogP contribution is -2.03. The molecule has 2 aromatic rings. The third-order valence-corrected chi connectivity index (χ3v) is 3.95. The van der Waals surface area contributed by atoms with Crippen LogP contribution >= 0.6 is 22.9 Å². The lowest BCUT2D eigenvalue weighted by atomic mass is 9.99. The normalized spacial score (nSPS) is 12.1. The summed E-state index contributed by atoms with van der Waals surface area (Å²) in [5, 5.41) is 1.47. The zero-order valence-electron chi connectivity index (χ0n) is 9.72. The Balaban J connectivity index is 2.23. The number of rotatable bonds is 4. The molecule has 0 aliphatic heterocycles. The van der Waals surface area contributed by atoms with Gasteiger partial charge in [-0.3, -0.25) is 9.59 Å². The second-order valence-corrected chi connectivity index (χ2v) is 5.27. The van der Waals surface area contributed by atoms with Crippen LogP contribution in [0.1, 0.15) is 33.6 Å². The van der Waals surface area contributed by atoms with E-state index in [9.17, 15) is 9.59 Å². The molecule has 1 atom stereocenters. The van der Waals surface area contributed by atoms with Crippen LogP contribution in [0.2, 0.25) is 0 Å². The van der Waals surface area contributed by atoms with E-state index < -0.39 is 5.24 Å². The van der Waals surface area contributed by atoms with Gasteiger partial charge in [-0.2, -0.15) is 0 Å². The number of ketones is 1. The van der Waals surface area contributed by atoms with E-state index in [-0.39, 0.29) is 11.7 Å². The Kier molecular flexibility index (Phi) is 3.94. The van der Waals surface area contributed by atoms with Gasteiger partial charge in [0.2, 0.25) is 11.0 Å². The molecule has 1 heterocycles. The van der Waals surface area contributed by atoms with E-state index in [1.165, 1.54) is 11.3 Å². The minimum Gasteiger partial charge on any atom is -0.288 e. The van der Waals surface area contributed by atoms with Gasteiger partial charge in [-0.05, 0) is 28.6 Å². The van der Waals surface area contributed by atoms with Gasteiger partial charge in [0.15, 0.2) is 0 Å². The van der Waals surface area contributed by atoms with Crippen LogP contribution in [-0.2, 0) is 4.79 Å². The maximum atomic E-state index is 12.0. The molecule has 0 amide bonds. The SMILES string of the molecule is C[C@H](C(=O)Cl)c1ccc(C(=O)c2cccs2)cc1. The molecule has 1 aromatic carbocycles. The highest BCUT2D eigenvalue weighted by atomic mass is 35.5. The zero-order valence-corrected chi connectivity index (χ0v) is 11.3. The first kappa shape index (κ1) is 13.0. The minimum atomic E-state index is -0.396. The van der Waals surface area contributed by atoms with Crippen LogP contribution in [0.3, 0.4) is 0 Å². The first-order valence-corrected chi connectivity index (χ1v) is 6.73. The molecule has 18 heavy (non-hydrogen) atoms. The second-order valence-electron chi connectivity index (χ2n) is 3.95. The molecule has 0 saturated heterocycles. The first-order valence-electron chi connectivity index (χ1n) is 5.47. The Morgan fingerprint density at radius 2 is 1.83 bits per heavy atom. The van der Waals surface area contributed by atoms with Crippen molar-refractivity contribution in [3.63, 3.8) is 0 Å². The summed E-state index contributed by atoms with van der Waals surface area (Å²) in [5.41, 5.74) is 1.44. The summed E-state index contributed by atoms with van der Waals surface area (Å²) in [6, 6.07) is 10.6. The van der Waals surface area contributed by atoms with Crippen molar-refractivity contribution >= 4 is 34.0 Å². The van der Waals surface area contributed by atoms with Crippen molar-refractivity contribution in [3.05, 3.63) is 57.8 Å². The van der Waals surface area contributed by atoms with Crippen molar-refractivity contribution in [3.8, 4) is 0 Å². The summed E-state index contributed by atoms with van der Waals surface area (Å²) in [6.45, 7) is 1.74. The van der Waals surface area contributed by atoms with E-state index in [1.54, 1.807) is 37.3 Å². The van der Waals surface area contributed by atoms with Crippen LogP contribution in [0, 0.1) is 0 Å². The van der Waals surface area contributed by atoms with Gasteiger partial charge in [0.1, 0.15) is 0 Å². The first-order chi connectivity index (χ1) is 8.59. The maximum Gasteiger partial charge on any atom is 0.228 e. The molecule has 2 rings (SSSR count). The van der Waals surface area contributed by atoms with Crippen molar-refractivity contribution in [1.82, 2.24) is 0 Å². The van der Waals surface area contributed by atoms with Crippen LogP contribution < -0.4 is 0 Å². The maximum absolute atomic E-state index is 12.0. The highest BCUT2D eigenvalue weighted by Gasteiger charge is 2.14. The van der Waals surface area contributed by atoms with Gasteiger partial charge < -0.3 is 0 Å². The number of hydrogen-bond acceptors (Lipinski definition) is 3. The largest absolute Gasteiger partial charge is 0.288 e. The topological polar surface area (TPSA) is 34.1 Å². The molecule has 2 nitrogen and oxygen atoms in total. The van der Waals surface area contributed by atoms with Crippen molar-refractivity contribution in [2.24, 2.45) is 0 Å².